The van der Waals surface area contributed by atoms with E-state index in [2.05, 4.69) is 52.6 Å². The third-order valence-electron chi connectivity index (χ3n) is 4.49. The summed E-state index contributed by atoms with van der Waals surface area (Å²) < 4.78 is 3.81. The second-order valence-electron chi connectivity index (χ2n) is 6.66. The third kappa shape index (κ3) is 4.41. The topological polar surface area (TPSA) is 68.3 Å². The maximum absolute atomic E-state index is 12.2. The molecule has 0 unspecified atom stereocenters. The highest BCUT2D eigenvalue weighted by Gasteiger charge is 2.22. The molecule has 3 aromatic rings. The van der Waals surface area contributed by atoms with Gasteiger partial charge >= 0.3 is 0 Å². The number of fused-ring (bicyclic) bond motifs is 1. The van der Waals surface area contributed by atoms with Gasteiger partial charge < -0.3 is 4.57 Å². The van der Waals surface area contributed by atoms with Crippen molar-refractivity contribution >= 4 is 28.1 Å². The zero-order valence-electron chi connectivity index (χ0n) is 16.3. The van der Waals surface area contributed by atoms with Gasteiger partial charge in [0.1, 0.15) is 0 Å². The van der Waals surface area contributed by atoms with E-state index in [9.17, 15) is 4.79 Å². The van der Waals surface area contributed by atoms with Crippen LogP contribution < -0.4 is 5.56 Å². The normalized spacial score (nSPS) is 12.9. The van der Waals surface area contributed by atoms with Gasteiger partial charge in [0, 0.05) is 29.9 Å². The van der Waals surface area contributed by atoms with Crippen LogP contribution in [-0.4, -0.2) is 43.1 Å². The first-order valence-corrected chi connectivity index (χ1v) is 11.1. The molecule has 0 saturated heterocycles. The van der Waals surface area contributed by atoms with Gasteiger partial charge in [-0.05, 0) is 26.9 Å². The lowest BCUT2D eigenvalue weighted by Gasteiger charge is -2.23. The van der Waals surface area contributed by atoms with Crippen molar-refractivity contribution in [2.75, 3.05) is 14.1 Å². The van der Waals surface area contributed by atoms with Crippen molar-refractivity contribution < 1.29 is 0 Å². The summed E-state index contributed by atoms with van der Waals surface area (Å²) in [4.78, 5) is 19.7. The Hall–Kier alpha value is -1.71. The Morgan fingerprint density at radius 3 is 2.81 bits per heavy atom. The van der Waals surface area contributed by atoms with Gasteiger partial charge in [-0.3, -0.25) is 14.1 Å². The van der Waals surface area contributed by atoms with Crippen LogP contribution in [0.25, 0.3) is 4.96 Å². The van der Waals surface area contributed by atoms with E-state index in [4.69, 9.17) is 0 Å². The molecule has 1 atom stereocenters. The minimum absolute atomic E-state index is 0.0383. The number of nitrogens with zero attached hydrogens (tertiary/aromatic N) is 6. The molecule has 0 aliphatic rings. The molecule has 3 heterocycles. The Bertz CT molecular complexity index is 945. The van der Waals surface area contributed by atoms with Gasteiger partial charge in [-0.1, -0.05) is 32.0 Å². The van der Waals surface area contributed by atoms with Crippen molar-refractivity contribution in [2.24, 2.45) is 0 Å². The molecule has 0 aromatic carbocycles. The van der Waals surface area contributed by atoms with Gasteiger partial charge in [0.15, 0.2) is 15.9 Å². The molecule has 0 saturated carbocycles. The number of rotatable bonds is 9. The Morgan fingerprint density at radius 1 is 1.30 bits per heavy atom. The number of hydrogen-bond acceptors (Lipinski definition) is 7. The SMILES string of the molecule is CCCCn1c(SCc2cc(=O)n3ccsc3n2)nnc1[C@H](CC)N(C)C. The number of thiazole rings is 1. The summed E-state index contributed by atoms with van der Waals surface area (Å²) in [6.07, 6.45) is 4.94. The molecule has 146 valence electrons. The maximum atomic E-state index is 12.2. The van der Waals surface area contributed by atoms with Crippen LogP contribution in [0.15, 0.2) is 27.6 Å². The highest BCUT2D eigenvalue weighted by atomic mass is 32.2. The fraction of sp³-hybridized carbons (Fsp3) is 0.556. The van der Waals surface area contributed by atoms with Gasteiger partial charge in [-0.15, -0.1) is 21.5 Å². The maximum Gasteiger partial charge on any atom is 0.258 e. The molecule has 3 rings (SSSR count). The molecule has 0 bridgehead atoms. The van der Waals surface area contributed by atoms with Crippen LogP contribution in [0, 0.1) is 0 Å². The first kappa shape index (κ1) is 20.0. The molecular formula is C18H26N6OS2. The van der Waals surface area contributed by atoms with E-state index in [0.29, 0.717) is 5.75 Å². The largest absolute Gasteiger partial charge is 0.305 e. The summed E-state index contributed by atoms with van der Waals surface area (Å²) in [5, 5.41) is 11.7. The van der Waals surface area contributed by atoms with Crippen molar-refractivity contribution in [1.29, 1.82) is 0 Å². The zero-order valence-corrected chi connectivity index (χ0v) is 17.9. The highest BCUT2D eigenvalue weighted by Crippen LogP contribution is 2.27. The lowest BCUT2D eigenvalue weighted by molar-refractivity contribution is 0.270. The summed E-state index contributed by atoms with van der Waals surface area (Å²) in [7, 11) is 4.15. The molecule has 0 aliphatic carbocycles. The summed E-state index contributed by atoms with van der Waals surface area (Å²) in [5.74, 6) is 1.62. The third-order valence-corrected chi connectivity index (χ3v) is 6.25. The van der Waals surface area contributed by atoms with Crippen molar-refractivity contribution in [3.05, 3.63) is 39.5 Å². The lowest BCUT2D eigenvalue weighted by Crippen LogP contribution is -2.23. The summed E-state index contributed by atoms with van der Waals surface area (Å²) in [6, 6.07) is 1.85. The van der Waals surface area contributed by atoms with Crippen LogP contribution in [0.1, 0.15) is 50.7 Å². The minimum Gasteiger partial charge on any atom is -0.305 e. The second kappa shape index (κ2) is 8.99. The molecule has 27 heavy (non-hydrogen) atoms. The highest BCUT2D eigenvalue weighted by molar-refractivity contribution is 7.98. The number of aromatic nitrogens is 5. The van der Waals surface area contributed by atoms with Crippen molar-refractivity contribution in [2.45, 2.75) is 56.6 Å². The Balaban J connectivity index is 1.84. The summed E-state index contributed by atoms with van der Waals surface area (Å²) in [5.41, 5.74) is 0.738. The van der Waals surface area contributed by atoms with E-state index in [1.54, 1.807) is 28.4 Å². The van der Waals surface area contributed by atoms with Crippen molar-refractivity contribution in [3.63, 3.8) is 0 Å². The zero-order chi connectivity index (χ0) is 19.4. The van der Waals surface area contributed by atoms with E-state index in [1.165, 1.54) is 11.3 Å². The van der Waals surface area contributed by atoms with Gasteiger partial charge in [0.2, 0.25) is 0 Å². The number of hydrogen-bond donors (Lipinski definition) is 0. The molecule has 7 nitrogen and oxygen atoms in total. The molecule has 0 fully saturated rings. The van der Waals surface area contributed by atoms with E-state index < -0.39 is 0 Å². The predicted molar refractivity (Wildman–Crippen MR) is 111 cm³/mol. The first-order valence-electron chi connectivity index (χ1n) is 9.23. The van der Waals surface area contributed by atoms with E-state index >= 15 is 0 Å². The lowest BCUT2D eigenvalue weighted by atomic mass is 10.2. The van der Waals surface area contributed by atoms with E-state index in [-0.39, 0.29) is 11.6 Å². The average Bonchev–Trinajstić information content (AvgIpc) is 3.26. The number of thioether (sulfide) groups is 1. The minimum atomic E-state index is -0.0383. The predicted octanol–water partition coefficient (Wildman–Crippen LogP) is 3.45. The molecule has 0 N–H and O–H groups in total. The van der Waals surface area contributed by atoms with Crippen LogP contribution in [0.4, 0.5) is 0 Å². The quantitative estimate of drug-likeness (QED) is 0.507. The first-order chi connectivity index (χ1) is 13.0. The van der Waals surface area contributed by atoms with Gasteiger partial charge in [0.25, 0.3) is 5.56 Å². The van der Waals surface area contributed by atoms with Crippen LogP contribution in [0.3, 0.4) is 0 Å². The van der Waals surface area contributed by atoms with Crippen molar-refractivity contribution in [1.82, 2.24) is 29.0 Å². The van der Waals surface area contributed by atoms with E-state index in [1.807, 2.05) is 5.38 Å². The fourth-order valence-corrected chi connectivity index (χ4v) is 4.66. The van der Waals surface area contributed by atoms with Crippen molar-refractivity contribution in [3.8, 4) is 0 Å². The van der Waals surface area contributed by atoms with Gasteiger partial charge in [-0.2, -0.15) is 0 Å². The molecule has 9 heteroatoms. The molecule has 3 aromatic heterocycles. The monoisotopic (exact) mass is 406 g/mol. The summed E-state index contributed by atoms with van der Waals surface area (Å²) >= 11 is 3.07. The van der Waals surface area contributed by atoms with Gasteiger partial charge in [0.05, 0.1) is 11.7 Å². The molecule has 0 radical (unpaired) electrons. The standard InChI is InChI=1S/C18H26N6OS2/c1-5-7-8-24-16(14(6-2)22(3)4)20-21-18(24)27-12-13-11-15(25)23-9-10-26-17(23)19-13/h9-11,14H,5-8,12H2,1-4H3/t14-/m0/s1. The number of unbranched alkanes of at least 4 members (excludes halogenated alkanes) is 1. The Kier molecular flexibility index (Phi) is 6.67. The molecule has 0 aliphatic heterocycles. The summed E-state index contributed by atoms with van der Waals surface area (Å²) in [6.45, 7) is 5.27. The van der Waals surface area contributed by atoms with Crippen LogP contribution in [0.2, 0.25) is 0 Å². The molecular weight excluding hydrogens is 380 g/mol. The molecule has 0 spiro atoms. The van der Waals surface area contributed by atoms with Crippen LogP contribution in [-0.2, 0) is 12.3 Å². The Labute approximate surface area is 167 Å². The van der Waals surface area contributed by atoms with E-state index in [0.717, 1.165) is 47.4 Å². The smallest absolute Gasteiger partial charge is 0.258 e. The second-order valence-corrected chi connectivity index (χ2v) is 8.48. The fourth-order valence-electron chi connectivity index (χ4n) is 3.06. The van der Waals surface area contributed by atoms with Crippen LogP contribution >= 0.6 is 23.1 Å². The van der Waals surface area contributed by atoms with Crippen LogP contribution in [0.5, 0.6) is 0 Å². The average molecular weight is 407 g/mol. The molecule has 0 amide bonds. The Morgan fingerprint density at radius 2 is 2.11 bits per heavy atom. The van der Waals surface area contributed by atoms with Gasteiger partial charge in [-0.25, -0.2) is 4.98 Å².